The lowest BCUT2D eigenvalue weighted by molar-refractivity contribution is -0.179. The zero-order valence-corrected chi connectivity index (χ0v) is 19.7. The Morgan fingerprint density at radius 2 is 1.72 bits per heavy atom. The Kier molecular flexibility index (Phi) is 4.02. The van der Waals surface area contributed by atoms with E-state index < -0.39 is 10.8 Å². The molecule has 3 saturated carbocycles. The molecule has 6 heteroatoms. The van der Waals surface area contributed by atoms with Crippen LogP contribution in [0.5, 0.6) is 0 Å². The van der Waals surface area contributed by atoms with Crippen molar-refractivity contribution in [3.8, 4) is 0 Å². The summed E-state index contributed by atoms with van der Waals surface area (Å²) in [6.45, 7) is 11.8. The van der Waals surface area contributed by atoms with E-state index in [9.17, 15) is 14.4 Å². The average molecular weight is 443 g/mol. The molecule has 9 atom stereocenters. The lowest BCUT2D eigenvalue weighted by Crippen LogP contribution is -2.67. The number of ether oxygens (including phenoxy) is 3. The zero-order valence-electron chi connectivity index (χ0n) is 19.7. The molecular weight excluding hydrogens is 408 g/mol. The molecule has 2 saturated heterocycles. The largest absolute Gasteiger partial charge is 0.458 e. The molecule has 0 N–H and O–H groups in total. The summed E-state index contributed by atoms with van der Waals surface area (Å²) in [5.41, 5.74) is -1.04. The van der Waals surface area contributed by atoms with Crippen LogP contribution in [0.15, 0.2) is 11.6 Å². The molecule has 0 amide bonds. The highest BCUT2D eigenvalue weighted by atomic mass is 16.6. The van der Waals surface area contributed by atoms with Crippen LogP contribution in [0.2, 0.25) is 0 Å². The highest BCUT2D eigenvalue weighted by molar-refractivity contribution is 5.97. The normalized spacial score (nSPS) is 53.4. The number of hydrogen-bond acceptors (Lipinski definition) is 6. The molecule has 6 nitrogen and oxygen atoms in total. The van der Waals surface area contributed by atoms with Gasteiger partial charge in [0, 0.05) is 41.3 Å². The third kappa shape index (κ3) is 2.26. The van der Waals surface area contributed by atoms with Gasteiger partial charge >= 0.3 is 5.97 Å². The summed E-state index contributed by atoms with van der Waals surface area (Å²) in [5.74, 6) is 0.126. The smallest absolute Gasteiger partial charge is 0.331 e. The third-order valence-corrected chi connectivity index (χ3v) is 10.7. The Labute approximate surface area is 189 Å². The maximum absolute atomic E-state index is 14.0. The minimum absolute atomic E-state index is 0.0364. The van der Waals surface area contributed by atoms with Crippen LogP contribution < -0.4 is 0 Å². The maximum atomic E-state index is 14.0. The summed E-state index contributed by atoms with van der Waals surface area (Å²) in [4.78, 5) is 39.9. The molecule has 3 unspecified atom stereocenters. The molecule has 6 aliphatic rings. The molecule has 0 aromatic rings. The molecule has 0 aromatic heterocycles. The number of carbonyl (C=O) groups excluding carboxylic acids is 3. The highest BCUT2D eigenvalue weighted by Gasteiger charge is 2.77. The van der Waals surface area contributed by atoms with Crippen LogP contribution in [0.1, 0.15) is 60.3 Å². The number of carbonyl (C=O) groups is 3. The number of cyclic esters (lactones) is 1. The van der Waals surface area contributed by atoms with Gasteiger partial charge in [0.25, 0.3) is 0 Å². The lowest BCUT2D eigenvalue weighted by Gasteiger charge is -2.65. The van der Waals surface area contributed by atoms with Gasteiger partial charge in [0.1, 0.15) is 18.0 Å². The number of esters is 1. The minimum Gasteiger partial charge on any atom is -0.458 e. The van der Waals surface area contributed by atoms with Gasteiger partial charge in [-0.25, -0.2) is 4.79 Å². The van der Waals surface area contributed by atoms with Gasteiger partial charge < -0.3 is 14.2 Å². The van der Waals surface area contributed by atoms with Crippen molar-refractivity contribution in [2.45, 2.75) is 78.6 Å². The first-order valence-electron chi connectivity index (χ1n) is 12.2. The van der Waals surface area contributed by atoms with Crippen LogP contribution in [0.4, 0.5) is 0 Å². The van der Waals surface area contributed by atoms with Crippen molar-refractivity contribution in [3.63, 3.8) is 0 Å². The number of epoxide rings is 1. The van der Waals surface area contributed by atoms with Crippen molar-refractivity contribution in [3.05, 3.63) is 11.6 Å². The SMILES string of the molecule is CC1(C)C(=O)[C@@H]2O[C@@H]2[C@@]2(C)C1CC(=O)[C@@]1(C)C3=CC(=O)O[C@@H](C4CCOC4)[C@]3(C)CCC12. The first-order valence-corrected chi connectivity index (χ1v) is 12.2. The molecule has 3 heterocycles. The Morgan fingerprint density at radius 1 is 0.969 bits per heavy atom. The molecule has 3 aliphatic heterocycles. The second-order valence-electron chi connectivity index (χ2n) is 12.4. The monoisotopic (exact) mass is 442 g/mol. The van der Waals surface area contributed by atoms with Gasteiger partial charge in [-0.1, -0.05) is 27.7 Å². The molecule has 174 valence electrons. The number of ketones is 2. The summed E-state index contributed by atoms with van der Waals surface area (Å²) >= 11 is 0. The third-order valence-electron chi connectivity index (χ3n) is 10.7. The van der Waals surface area contributed by atoms with Crippen molar-refractivity contribution < 1.29 is 28.6 Å². The Balaban J connectivity index is 1.47. The minimum atomic E-state index is -0.748. The van der Waals surface area contributed by atoms with E-state index >= 15 is 0 Å². The predicted octanol–water partition coefficient (Wildman–Crippen LogP) is 3.27. The Bertz CT molecular complexity index is 959. The second-order valence-corrected chi connectivity index (χ2v) is 12.4. The molecule has 0 aromatic carbocycles. The molecule has 6 rings (SSSR count). The first-order chi connectivity index (χ1) is 15.0. The summed E-state index contributed by atoms with van der Waals surface area (Å²) in [6, 6.07) is 0. The van der Waals surface area contributed by atoms with Gasteiger partial charge in [0.15, 0.2) is 5.78 Å². The van der Waals surface area contributed by atoms with Gasteiger partial charge in [0.2, 0.25) is 0 Å². The van der Waals surface area contributed by atoms with Crippen molar-refractivity contribution in [1.29, 1.82) is 0 Å². The highest BCUT2D eigenvalue weighted by Crippen LogP contribution is 2.73. The molecule has 3 aliphatic carbocycles. The van der Waals surface area contributed by atoms with E-state index in [-0.39, 0.29) is 64.4 Å². The second kappa shape index (κ2) is 6.12. The van der Waals surface area contributed by atoms with Gasteiger partial charge in [-0.05, 0) is 43.6 Å². The lowest BCUT2D eigenvalue weighted by atomic mass is 9.37. The van der Waals surface area contributed by atoms with E-state index in [0.717, 1.165) is 24.8 Å². The molecule has 0 radical (unpaired) electrons. The fraction of sp³-hybridized carbons (Fsp3) is 0.808. The van der Waals surface area contributed by atoms with Crippen LogP contribution in [0.25, 0.3) is 0 Å². The van der Waals surface area contributed by atoms with Crippen molar-refractivity contribution in [2.75, 3.05) is 13.2 Å². The van der Waals surface area contributed by atoms with Crippen LogP contribution in [-0.4, -0.2) is 49.1 Å². The van der Waals surface area contributed by atoms with E-state index in [4.69, 9.17) is 14.2 Å². The fourth-order valence-electron chi connectivity index (χ4n) is 8.96. The predicted molar refractivity (Wildman–Crippen MR) is 114 cm³/mol. The van der Waals surface area contributed by atoms with Crippen LogP contribution in [0, 0.1) is 39.4 Å². The van der Waals surface area contributed by atoms with Gasteiger partial charge in [0.05, 0.1) is 18.1 Å². The topological polar surface area (TPSA) is 82.2 Å². The Morgan fingerprint density at radius 3 is 2.41 bits per heavy atom. The van der Waals surface area contributed by atoms with Gasteiger partial charge in [-0.3, -0.25) is 9.59 Å². The zero-order chi connectivity index (χ0) is 22.8. The quantitative estimate of drug-likeness (QED) is 0.458. The van der Waals surface area contributed by atoms with Crippen molar-refractivity contribution in [2.24, 2.45) is 39.4 Å². The maximum Gasteiger partial charge on any atom is 0.331 e. The number of Topliss-reactive ketones (excluding diaryl/α,β-unsaturated/α-hetero) is 2. The first kappa shape index (κ1) is 21.0. The molecular formula is C26H34O6. The fourth-order valence-corrected chi connectivity index (χ4v) is 8.96. The average Bonchev–Trinajstić information content (AvgIpc) is 3.37. The summed E-state index contributed by atoms with van der Waals surface area (Å²) in [5, 5.41) is 0. The standard InChI is InChI=1S/C26H34O6/c1-23(2)15-10-17(27)25(4)14(26(15,5)22-19(32-22)20(23)29)6-8-24(3)16(25)11-18(28)31-21(24)13-7-9-30-12-13/h11,13-15,19,21-22H,6-10,12H2,1-5H3/t13?,14?,15?,19-,21-,22-,24+,25+,26+/m0/s1. The molecule has 0 bridgehead atoms. The number of fused-ring (bicyclic) bond motifs is 7. The van der Waals surface area contributed by atoms with Crippen molar-refractivity contribution in [1.82, 2.24) is 0 Å². The van der Waals surface area contributed by atoms with Crippen molar-refractivity contribution >= 4 is 17.5 Å². The van der Waals surface area contributed by atoms with E-state index in [1.807, 2.05) is 13.8 Å². The van der Waals surface area contributed by atoms with Crippen LogP contribution in [0.3, 0.4) is 0 Å². The summed E-state index contributed by atoms with van der Waals surface area (Å²) in [6.07, 6.45) is 3.86. The van der Waals surface area contributed by atoms with Crippen LogP contribution in [-0.2, 0) is 28.6 Å². The number of hydrogen-bond donors (Lipinski definition) is 0. The van der Waals surface area contributed by atoms with E-state index in [0.29, 0.717) is 19.6 Å². The van der Waals surface area contributed by atoms with Gasteiger partial charge in [-0.15, -0.1) is 0 Å². The summed E-state index contributed by atoms with van der Waals surface area (Å²) < 4.78 is 17.6. The van der Waals surface area contributed by atoms with E-state index in [1.54, 1.807) is 6.08 Å². The molecule has 0 spiro atoms. The molecule has 32 heavy (non-hydrogen) atoms. The summed E-state index contributed by atoms with van der Waals surface area (Å²) in [7, 11) is 0. The van der Waals surface area contributed by atoms with E-state index in [2.05, 4.69) is 20.8 Å². The number of rotatable bonds is 1. The Hall–Kier alpha value is -1.53. The molecule has 5 fully saturated rings. The van der Waals surface area contributed by atoms with Crippen LogP contribution >= 0.6 is 0 Å². The van der Waals surface area contributed by atoms with E-state index in [1.165, 1.54) is 0 Å². The van der Waals surface area contributed by atoms with Gasteiger partial charge in [-0.2, -0.15) is 0 Å².